The van der Waals surface area contributed by atoms with Crippen LogP contribution in [-0.2, 0) is 0 Å². The van der Waals surface area contributed by atoms with Crippen LogP contribution in [0.15, 0.2) is 68.3 Å². The van der Waals surface area contributed by atoms with Gasteiger partial charge in [-0.2, -0.15) is 0 Å². The Hall–Kier alpha value is -2.60. The van der Waals surface area contributed by atoms with Crippen molar-refractivity contribution in [1.82, 2.24) is 4.90 Å². The van der Waals surface area contributed by atoms with E-state index in [0.717, 1.165) is 22.0 Å². The van der Waals surface area contributed by atoms with Crippen molar-refractivity contribution in [2.75, 3.05) is 25.5 Å². The molecule has 0 aliphatic rings. The van der Waals surface area contributed by atoms with Gasteiger partial charge in [0.1, 0.15) is 5.58 Å². The molecule has 2 aromatic carbocycles. The first kappa shape index (κ1) is 18.2. The predicted octanol–water partition coefficient (Wildman–Crippen LogP) is 4.13. The molecule has 0 atom stereocenters. The molecule has 3 aromatic rings. The highest BCUT2D eigenvalue weighted by Crippen LogP contribution is 2.21. The number of anilines is 1. The summed E-state index contributed by atoms with van der Waals surface area (Å²) in [5, 5.41) is 4.13. The molecule has 0 saturated heterocycles. The van der Waals surface area contributed by atoms with Crippen LogP contribution in [0.2, 0.25) is 0 Å². The summed E-state index contributed by atoms with van der Waals surface area (Å²) in [7, 11) is 1.79. The quantitative estimate of drug-likeness (QED) is 0.486. The fraction of sp³-hybridized carbons (Fsp3) is 0.200. The van der Waals surface area contributed by atoms with Crippen molar-refractivity contribution in [3.05, 3.63) is 75.1 Å². The summed E-state index contributed by atoms with van der Waals surface area (Å²) in [4.78, 5) is 25.8. The van der Waals surface area contributed by atoms with Crippen molar-refractivity contribution in [3.8, 4) is 0 Å². The number of nitrogens with zero attached hydrogens (tertiary/aromatic N) is 1. The summed E-state index contributed by atoms with van der Waals surface area (Å²) in [6.07, 6.45) is 0.751. The van der Waals surface area contributed by atoms with Gasteiger partial charge in [-0.05, 0) is 46.6 Å². The SMILES string of the molecule is CN(CCCNc1cc(=O)oc2ccccc12)C(=O)c1ccccc1Br. The summed E-state index contributed by atoms with van der Waals surface area (Å²) >= 11 is 3.41. The number of amides is 1. The normalized spacial score (nSPS) is 10.7. The molecule has 6 heteroatoms. The molecule has 134 valence electrons. The van der Waals surface area contributed by atoms with Gasteiger partial charge >= 0.3 is 5.63 Å². The van der Waals surface area contributed by atoms with Gasteiger partial charge < -0.3 is 14.6 Å². The van der Waals surface area contributed by atoms with Crippen LogP contribution in [0.3, 0.4) is 0 Å². The minimum absolute atomic E-state index is 0.0247. The Kier molecular flexibility index (Phi) is 5.73. The number of carbonyl (C=O) groups excluding carboxylic acids is 1. The number of nitrogens with one attached hydrogen (secondary N) is 1. The zero-order valence-corrected chi connectivity index (χ0v) is 16.0. The van der Waals surface area contributed by atoms with Gasteiger partial charge in [-0.3, -0.25) is 4.79 Å². The molecular weight excluding hydrogens is 396 g/mol. The highest BCUT2D eigenvalue weighted by Gasteiger charge is 2.13. The van der Waals surface area contributed by atoms with Crippen molar-refractivity contribution in [3.63, 3.8) is 0 Å². The zero-order valence-electron chi connectivity index (χ0n) is 14.4. The lowest BCUT2D eigenvalue weighted by Crippen LogP contribution is -2.29. The minimum atomic E-state index is -0.382. The number of hydrogen-bond donors (Lipinski definition) is 1. The highest BCUT2D eigenvalue weighted by atomic mass is 79.9. The van der Waals surface area contributed by atoms with E-state index in [9.17, 15) is 9.59 Å². The fourth-order valence-corrected chi connectivity index (χ4v) is 3.19. The zero-order chi connectivity index (χ0) is 18.5. The standard InChI is InChI=1S/C20H19BrN2O3/c1-23(20(25)14-7-2-4-9-16(14)21)12-6-11-22-17-13-19(24)26-18-10-5-3-8-15(17)18/h2-5,7-10,13,22H,6,11-12H2,1H3. The van der Waals surface area contributed by atoms with E-state index >= 15 is 0 Å². The van der Waals surface area contributed by atoms with Crippen LogP contribution < -0.4 is 10.9 Å². The summed E-state index contributed by atoms with van der Waals surface area (Å²) in [5.74, 6) is -0.0247. The van der Waals surface area contributed by atoms with Gasteiger partial charge in [0.2, 0.25) is 0 Å². The molecule has 5 nitrogen and oxygen atoms in total. The summed E-state index contributed by atoms with van der Waals surface area (Å²) in [5.41, 5.74) is 1.57. The molecule has 0 saturated carbocycles. The third-order valence-corrected chi connectivity index (χ3v) is 4.78. The molecule has 0 radical (unpaired) electrons. The van der Waals surface area contributed by atoms with Crippen molar-refractivity contribution < 1.29 is 9.21 Å². The van der Waals surface area contributed by atoms with E-state index in [1.165, 1.54) is 6.07 Å². The summed E-state index contributed by atoms with van der Waals surface area (Å²) in [6.45, 7) is 1.24. The second-order valence-electron chi connectivity index (χ2n) is 5.96. The van der Waals surface area contributed by atoms with E-state index in [-0.39, 0.29) is 11.5 Å². The van der Waals surface area contributed by atoms with Gasteiger partial charge in [0.25, 0.3) is 5.91 Å². The maximum atomic E-state index is 12.5. The van der Waals surface area contributed by atoms with Crippen molar-refractivity contribution >= 4 is 38.5 Å². The maximum Gasteiger partial charge on any atom is 0.338 e. The Bertz CT molecular complexity index is 984. The smallest absolute Gasteiger partial charge is 0.338 e. The second-order valence-corrected chi connectivity index (χ2v) is 6.82. The van der Waals surface area contributed by atoms with E-state index in [1.54, 1.807) is 24.1 Å². The Balaban J connectivity index is 1.58. The van der Waals surface area contributed by atoms with E-state index < -0.39 is 0 Å². The van der Waals surface area contributed by atoms with E-state index in [2.05, 4.69) is 21.2 Å². The molecule has 0 aliphatic carbocycles. The fourth-order valence-electron chi connectivity index (χ4n) is 2.74. The number of carbonyl (C=O) groups is 1. The van der Waals surface area contributed by atoms with E-state index in [1.807, 2.05) is 36.4 Å². The number of halogens is 1. The van der Waals surface area contributed by atoms with E-state index in [0.29, 0.717) is 24.2 Å². The molecule has 1 N–H and O–H groups in total. The first-order chi connectivity index (χ1) is 12.6. The van der Waals surface area contributed by atoms with Gasteiger partial charge in [-0.25, -0.2) is 4.79 Å². The topological polar surface area (TPSA) is 62.6 Å². The molecule has 1 heterocycles. The molecule has 3 rings (SSSR count). The van der Waals surface area contributed by atoms with Crippen LogP contribution in [0.5, 0.6) is 0 Å². The molecule has 0 bridgehead atoms. The highest BCUT2D eigenvalue weighted by molar-refractivity contribution is 9.10. The summed E-state index contributed by atoms with van der Waals surface area (Å²) < 4.78 is 5.97. The molecule has 0 unspecified atom stereocenters. The van der Waals surface area contributed by atoms with Crippen molar-refractivity contribution in [2.45, 2.75) is 6.42 Å². The van der Waals surface area contributed by atoms with Gasteiger partial charge in [0.05, 0.1) is 11.3 Å². The van der Waals surface area contributed by atoms with Crippen LogP contribution in [0.4, 0.5) is 5.69 Å². The molecule has 1 aromatic heterocycles. The van der Waals surface area contributed by atoms with Crippen molar-refractivity contribution in [2.24, 2.45) is 0 Å². The average Bonchev–Trinajstić information content (AvgIpc) is 2.64. The number of rotatable bonds is 6. The molecule has 0 spiro atoms. The average molecular weight is 415 g/mol. The third-order valence-electron chi connectivity index (χ3n) is 4.09. The minimum Gasteiger partial charge on any atom is -0.423 e. The molecular formula is C20H19BrN2O3. The Morgan fingerprint density at radius 2 is 1.88 bits per heavy atom. The number of para-hydroxylation sites is 1. The number of hydrogen-bond acceptors (Lipinski definition) is 4. The van der Waals surface area contributed by atoms with Crippen molar-refractivity contribution in [1.29, 1.82) is 0 Å². The van der Waals surface area contributed by atoms with Crippen LogP contribution in [0.25, 0.3) is 11.0 Å². The van der Waals surface area contributed by atoms with Crippen LogP contribution in [0.1, 0.15) is 16.8 Å². The van der Waals surface area contributed by atoms with Crippen LogP contribution in [0, 0.1) is 0 Å². The molecule has 26 heavy (non-hydrogen) atoms. The Labute approximate surface area is 159 Å². The monoisotopic (exact) mass is 414 g/mol. The lowest BCUT2D eigenvalue weighted by molar-refractivity contribution is 0.0794. The van der Waals surface area contributed by atoms with Gasteiger partial charge in [0, 0.05) is 36.1 Å². The number of fused-ring (bicyclic) bond motifs is 1. The largest absolute Gasteiger partial charge is 0.423 e. The Morgan fingerprint density at radius 3 is 2.69 bits per heavy atom. The second kappa shape index (κ2) is 8.19. The van der Waals surface area contributed by atoms with E-state index in [4.69, 9.17) is 4.42 Å². The van der Waals surface area contributed by atoms with Gasteiger partial charge in [0.15, 0.2) is 0 Å². The van der Waals surface area contributed by atoms with Gasteiger partial charge in [-0.15, -0.1) is 0 Å². The molecule has 0 aliphatic heterocycles. The predicted molar refractivity (Wildman–Crippen MR) is 107 cm³/mol. The first-order valence-corrected chi connectivity index (χ1v) is 9.12. The molecule has 1 amide bonds. The lowest BCUT2D eigenvalue weighted by atomic mass is 10.2. The number of benzene rings is 2. The lowest BCUT2D eigenvalue weighted by Gasteiger charge is -2.18. The Morgan fingerprint density at radius 1 is 1.15 bits per heavy atom. The third kappa shape index (κ3) is 4.14. The van der Waals surface area contributed by atoms with Crippen LogP contribution >= 0.6 is 15.9 Å². The first-order valence-electron chi connectivity index (χ1n) is 8.33. The maximum absolute atomic E-state index is 12.5. The molecule has 0 fully saturated rings. The van der Waals surface area contributed by atoms with Crippen LogP contribution in [-0.4, -0.2) is 30.9 Å². The van der Waals surface area contributed by atoms with Gasteiger partial charge in [-0.1, -0.05) is 24.3 Å². The summed E-state index contributed by atoms with van der Waals surface area (Å²) in [6, 6.07) is 16.2.